The summed E-state index contributed by atoms with van der Waals surface area (Å²) in [4.78, 5) is 28.7. The van der Waals surface area contributed by atoms with E-state index in [2.05, 4.69) is 0 Å². The van der Waals surface area contributed by atoms with E-state index in [0.29, 0.717) is 38.1 Å². The first kappa shape index (κ1) is 21.1. The number of amides is 1. The maximum atomic E-state index is 13.6. The molecule has 4 aromatic rings. The predicted molar refractivity (Wildman–Crippen MR) is 127 cm³/mol. The lowest BCUT2D eigenvalue weighted by molar-refractivity contribution is 0.0714. The molecule has 0 N–H and O–H groups in total. The Kier molecular flexibility index (Phi) is 5.25. The lowest BCUT2D eigenvalue weighted by Crippen LogP contribution is -2.29. The number of nitrogens with zero attached hydrogens (tertiary/aromatic N) is 1. The van der Waals surface area contributed by atoms with Crippen molar-refractivity contribution in [2.24, 2.45) is 0 Å². The zero-order valence-electron chi connectivity index (χ0n) is 16.9. The van der Waals surface area contributed by atoms with E-state index < -0.39 is 6.04 Å². The highest BCUT2D eigenvalue weighted by Gasteiger charge is 2.42. The predicted octanol–water partition coefficient (Wildman–Crippen LogP) is 6.81. The van der Waals surface area contributed by atoms with Crippen molar-refractivity contribution >= 4 is 51.7 Å². The Balaban J connectivity index is 1.76. The Morgan fingerprint density at radius 3 is 2.38 bits per heavy atom. The van der Waals surface area contributed by atoms with Crippen molar-refractivity contribution in [3.63, 3.8) is 0 Å². The average Bonchev–Trinajstić information content (AvgIpc) is 3.04. The Bertz CT molecular complexity index is 1450. The molecule has 4 nitrogen and oxygen atoms in total. The van der Waals surface area contributed by atoms with Crippen molar-refractivity contribution in [2.45, 2.75) is 19.5 Å². The molecule has 0 fully saturated rings. The highest BCUT2D eigenvalue weighted by Crippen LogP contribution is 2.41. The molecular formula is C25H16Cl3NO3. The van der Waals surface area contributed by atoms with Gasteiger partial charge in [-0.25, -0.2) is 0 Å². The van der Waals surface area contributed by atoms with Crippen LogP contribution in [0.25, 0.3) is 11.0 Å². The fourth-order valence-corrected chi connectivity index (χ4v) is 4.58. The molecule has 1 amide bonds. The number of hydrogen-bond acceptors (Lipinski definition) is 3. The van der Waals surface area contributed by atoms with Gasteiger partial charge in [-0.05, 0) is 47.9 Å². The molecule has 0 saturated carbocycles. The number of hydrogen-bond donors (Lipinski definition) is 0. The van der Waals surface area contributed by atoms with Crippen LogP contribution in [0.1, 0.15) is 38.9 Å². The molecule has 1 aliphatic rings. The second-order valence-electron chi connectivity index (χ2n) is 7.77. The molecule has 1 atom stereocenters. The van der Waals surface area contributed by atoms with Crippen LogP contribution < -0.4 is 5.43 Å². The van der Waals surface area contributed by atoms with Crippen molar-refractivity contribution in [1.29, 1.82) is 0 Å². The summed E-state index contributed by atoms with van der Waals surface area (Å²) in [6.07, 6.45) is 0. The molecule has 7 heteroatoms. The van der Waals surface area contributed by atoms with Crippen molar-refractivity contribution in [1.82, 2.24) is 4.90 Å². The second kappa shape index (κ2) is 7.96. The summed E-state index contributed by atoms with van der Waals surface area (Å²) >= 11 is 18.7. The minimum atomic E-state index is -0.673. The lowest BCUT2D eigenvalue weighted by atomic mass is 9.98. The van der Waals surface area contributed by atoms with E-state index >= 15 is 0 Å². The van der Waals surface area contributed by atoms with Crippen LogP contribution in [0.3, 0.4) is 0 Å². The smallest absolute Gasteiger partial charge is 0.291 e. The van der Waals surface area contributed by atoms with Gasteiger partial charge in [0, 0.05) is 11.6 Å². The zero-order valence-corrected chi connectivity index (χ0v) is 19.1. The minimum Gasteiger partial charge on any atom is -0.450 e. The topological polar surface area (TPSA) is 50.5 Å². The number of benzene rings is 3. The Labute approximate surface area is 198 Å². The number of carbonyl (C=O) groups excluding carboxylic acids is 1. The van der Waals surface area contributed by atoms with Gasteiger partial charge >= 0.3 is 0 Å². The van der Waals surface area contributed by atoms with Crippen LogP contribution in [0.5, 0.6) is 0 Å². The van der Waals surface area contributed by atoms with Gasteiger partial charge in [0.2, 0.25) is 5.76 Å². The molecule has 0 aliphatic carbocycles. The molecule has 160 valence electrons. The first-order valence-electron chi connectivity index (χ1n) is 9.92. The Morgan fingerprint density at radius 1 is 0.906 bits per heavy atom. The number of fused-ring (bicyclic) bond motifs is 2. The summed E-state index contributed by atoms with van der Waals surface area (Å²) in [6, 6.07) is 17.3. The van der Waals surface area contributed by atoms with Crippen LogP contribution in [0.2, 0.25) is 15.1 Å². The molecule has 1 unspecified atom stereocenters. The summed E-state index contributed by atoms with van der Waals surface area (Å²) in [7, 11) is 0. The maximum Gasteiger partial charge on any atom is 0.291 e. The molecule has 5 rings (SSSR count). The van der Waals surface area contributed by atoms with Gasteiger partial charge in [-0.3, -0.25) is 9.59 Å². The van der Waals surface area contributed by atoms with Gasteiger partial charge in [-0.2, -0.15) is 0 Å². The first-order chi connectivity index (χ1) is 15.3. The Morgan fingerprint density at radius 2 is 1.66 bits per heavy atom. The molecule has 0 spiro atoms. The van der Waals surface area contributed by atoms with Gasteiger partial charge in [0.25, 0.3) is 5.91 Å². The zero-order chi connectivity index (χ0) is 22.6. The monoisotopic (exact) mass is 483 g/mol. The molecule has 0 saturated heterocycles. The van der Waals surface area contributed by atoms with Crippen LogP contribution in [0.4, 0.5) is 0 Å². The normalized spacial score (nSPS) is 15.4. The van der Waals surface area contributed by atoms with E-state index in [4.69, 9.17) is 39.2 Å². The molecule has 3 aromatic carbocycles. The molecule has 1 aliphatic heterocycles. The molecular weight excluding hydrogens is 469 g/mol. The van der Waals surface area contributed by atoms with E-state index in [1.165, 1.54) is 0 Å². The first-order valence-corrected chi connectivity index (χ1v) is 11.0. The van der Waals surface area contributed by atoms with E-state index in [0.717, 1.165) is 11.1 Å². The summed E-state index contributed by atoms with van der Waals surface area (Å²) in [6.45, 7) is 2.11. The quantitative estimate of drug-likeness (QED) is 0.321. The van der Waals surface area contributed by atoms with Crippen molar-refractivity contribution in [3.8, 4) is 0 Å². The standard InChI is InChI=1S/C25H16Cl3NO3/c1-13-9-20-16(11-18(13)27)23(30)21-22(15-7-8-17(26)19(28)10-15)29(25(31)24(21)32-20)12-14-5-3-2-4-6-14/h2-11,22H,12H2,1H3. The fourth-order valence-electron chi connectivity index (χ4n) is 4.11. The lowest BCUT2D eigenvalue weighted by Gasteiger charge is -2.25. The third-order valence-electron chi connectivity index (χ3n) is 5.70. The third kappa shape index (κ3) is 3.39. The largest absolute Gasteiger partial charge is 0.450 e. The van der Waals surface area contributed by atoms with Crippen LogP contribution in [0, 0.1) is 6.92 Å². The number of aryl methyl sites for hydroxylation is 1. The SMILES string of the molecule is Cc1cc2oc3c(c(=O)c2cc1Cl)C(c1ccc(Cl)c(Cl)c1)N(Cc1ccccc1)C3=O. The van der Waals surface area contributed by atoms with Crippen LogP contribution in [-0.4, -0.2) is 10.8 Å². The average molecular weight is 485 g/mol. The van der Waals surface area contributed by atoms with Gasteiger partial charge in [-0.1, -0.05) is 71.2 Å². The van der Waals surface area contributed by atoms with Gasteiger partial charge in [0.05, 0.1) is 27.0 Å². The fraction of sp³-hybridized carbons (Fsp3) is 0.120. The summed E-state index contributed by atoms with van der Waals surface area (Å²) < 4.78 is 6.00. The van der Waals surface area contributed by atoms with Crippen LogP contribution in [-0.2, 0) is 6.54 Å². The molecule has 0 bridgehead atoms. The van der Waals surface area contributed by atoms with Gasteiger partial charge in [0.1, 0.15) is 5.58 Å². The van der Waals surface area contributed by atoms with Crippen molar-refractivity contribution in [3.05, 3.63) is 114 Å². The number of rotatable bonds is 3. The molecule has 1 aromatic heterocycles. The summed E-state index contributed by atoms with van der Waals surface area (Å²) in [5, 5.41) is 1.52. The Hall–Kier alpha value is -2.79. The van der Waals surface area contributed by atoms with E-state index in [1.54, 1.807) is 35.2 Å². The van der Waals surface area contributed by atoms with Gasteiger partial charge < -0.3 is 9.32 Å². The van der Waals surface area contributed by atoms with Crippen molar-refractivity contribution in [2.75, 3.05) is 0 Å². The summed E-state index contributed by atoms with van der Waals surface area (Å²) in [5.74, 6) is -0.317. The summed E-state index contributed by atoms with van der Waals surface area (Å²) in [5.41, 5.74) is 2.68. The molecule has 32 heavy (non-hydrogen) atoms. The van der Waals surface area contributed by atoms with Crippen LogP contribution in [0.15, 0.2) is 69.9 Å². The molecule has 2 heterocycles. The van der Waals surface area contributed by atoms with Crippen molar-refractivity contribution < 1.29 is 9.21 Å². The highest BCUT2D eigenvalue weighted by atomic mass is 35.5. The van der Waals surface area contributed by atoms with Gasteiger partial charge in [0.15, 0.2) is 5.43 Å². The second-order valence-corrected chi connectivity index (χ2v) is 8.99. The van der Waals surface area contributed by atoms with Gasteiger partial charge in [-0.15, -0.1) is 0 Å². The van der Waals surface area contributed by atoms with E-state index in [1.807, 2.05) is 37.3 Å². The number of halogens is 3. The minimum absolute atomic E-state index is 0.0382. The molecule has 0 radical (unpaired) electrons. The van der Waals surface area contributed by atoms with E-state index in [-0.39, 0.29) is 22.7 Å². The highest BCUT2D eigenvalue weighted by molar-refractivity contribution is 6.42. The van der Waals surface area contributed by atoms with E-state index in [9.17, 15) is 9.59 Å². The van der Waals surface area contributed by atoms with Crippen LogP contribution >= 0.6 is 34.8 Å². The third-order valence-corrected chi connectivity index (χ3v) is 6.85. The number of carbonyl (C=O) groups is 1. The maximum absolute atomic E-state index is 13.6.